The second kappa shape index (κ2) is 9.86. The molecule has 0 fully saturated rings. The molecule has 0 bridgehead atoms. The minimum absolute atomic E-state index is 0.0240. The molecule has 3 aromatic rings. The molecule has 3 aromatic carbocycles. The third kappa shape index (κ3) is 4.60. The molecule has 0 aliphatic carbocycles. The summed E-state index contributed by atoms with van der Waals surface area (Å²) < 4.78 is 22.7. The number of aryl methyl sites for hydroxylation is 1. The molecule has 0 spiro atoms. The molecular weight excluding hydrogens is 418 g/mol. The first-order valence-corrected chi connectivity index (χ1v) is 10.9. The van der Waals surface area contributed by atoms with Gasteiger partial charge in [0.05, 0.1) is 27.4 Å². The number of para-hydroxylation sites is 2. The second-order valence-electron chi connectivity index (χ2n) is 8.00. The Bertz CT molecular complexity index is 1130. The normalized spacial score (nSPS) is 14.9. The third-order valence-electron chi connectivity index (χ3n) is 6.03. The SMILES string of the molecule is COc1cc2c(cc1OC)[C@H](COc1ccccc1OC)N(C(=O)c1ccc(C)cc1)CC2. The van der Waals surface area contributed by atoms with E-state index in [2.05, 4.69) is 0 Å². The quantitative estimate of drug-likeness (QED) is 0.519. The lowest BCUT2D eigenvalue weighted by Gasteiger charge is -2.37. The van der Waals surface area contributed by atoms with E-state index >= 15 is 0 Å². The summed E-state index contributed by atoms with van der Waals surface area (Å²) in [6.45, 7) is 2.87. The summed E-state index contributed by atoms with van der Waals surface area (Å²) in [5.41, 5.74) is 3.89. The van der Waals surface area contributed by atoms with Crippen LogP contribution in [0.15, 0.2) is 60.7 Å². The van der Waals surface area contributed by atoms with Gasteiger partial charge in [-0.05, 0) is 60.9 Å². The van der Waals surface area contributed by atoms with Gasteiger partial charge in [-0.15, -0.1) is 0 Å². The number of hydrogen-bond acceptors (Lipinski definition) is 5. The number of benzene rings is 3. The lowest BCUT2D eigenvalue weighted by Crippen LogP contribution is -2.42. The van der Waals surface area contributed by atoms with Crippen molar-refractivity contribution < 1.29 is 23.7 Å². The Kier molecular flexibility index (Phi) is 6.73. The summed E-state index contributed by atoms with van der Waals surface area (Å²) >= 11 is 0. The van der Waals surface area contributed by atoms with Crippen molar-refractivity contribution in [2.24, 2.45) is 0 Å². The van der Waals surface area contributed by atoms with E-state index < -0.39 is 0 Å². The minimum Gasteiger partial charge on any atom is -0.493 e. The van der Waals surface area contributed by atoms with Crippen LogP contribution in [0.2, 0.25) is 0 Å². The molecule has 1 aliphatic rings. The first-order valence-electron chi connectivity index (χ1n) is 10.9. The predicted octanol–water partition coefficient (Wildman–Crippen LogP) is 4.84. The van der Waals surface area contributed by atoms with E-state index in [9.17, 15) is 4.79 Å². The van der Waals surface area contributed by atoms with Crippen LogP contribution in [0.3, 0.4) is 0 Å². The molecule has 0 saturated heterocycles. The van der Waals surface area contributed by atoms with Crippen LogP contribution in [0, 0.1) is 6.92 Å². The number of carbonyl (C=O) groups is 1. The molecule has 1 aliphatic heterocycles. The van der Waals surface area contributed by atoms with E-state index in [-0.39, 0.29) is 18.6 Å². The van der Waals surface area contributed by atoms with Gasteiger partial charge < -0.3 is 23.8 Å². The molecule has 6 heteroatoms. The van der Waals surface area contributed by atoms with Crippen molar-refractivity contribution in [2.45, 2.75) is 19.4 Å². The number of hydrogen-bond donors (Lipinski definition) is 0. The number of nitrogens with zero attached hydrogens (tertiary/aromatic N) is 1. The van der Waals surface area contributed by atoms with Crippen LogP contribution in [-0.2, 0) is 6.42 Å². The highest BCUT2D eigenvalue weighted by molar-refractivity contribution is 5.94. The van der Waals surface area contributed by atoms with E-state index in [1.807, 2.05) is 72.5 Å². The highest BCUT2D eigenvalue weighted by Crippen LogP contribution is 2.39. The summed E-state index contributed by atoms with van der Waals surface area (Å²) in [4.78, 5) is 15.4. The molecule has 172 valence electrons. The van der Waals surface area contributed by atoms with Crippen molar-refractivity contribution in [1.82, 2.24) is 4.90 Å². The summed E-state index contributed by atoms with van der Waals surface area (Å²) in [6, 6.07) is 18.8. The number of ether oxygens (including phenoxy) is 4. The Morgan fingerprint density at radius 2 is 1.52 bits per heavy atom. The van der Waals surface area contributed by atoms with Crippen molar-refractivity contribution in [3.8, 4) is 23.0 Å². The van der Waals surface area contributed by atoms with Crippen LogP contribution in [-0.4, -0.2) is 45.3 Å². The van der Waals surface area contributed by atoms with Crippen LogP contribution in [0.1, 0.15) is 33.1 Å². The zero-order chi connectivity index (χ0) is 23.4. The van der Waals surface area contributed by atoms with Gasteiger partial charge in [0.1, 0.15) is 6.61 Å². The number of amides is 1. The molecule has 0 unspecified atom stereocenters. The highest BCUT2D eigenvalue weighted by atomic mass is 16.5. The van der Waals surface area contributed by atoms with Crippen molar-refractivity contribution in [1.29, 1.82) is 0 Å². The molecule has 6 nitrogen and oxygen atoms in total. The lowest BCUT2D eigenvalue weighted by atomic mass is 9.91. The van der Waals surface area contributed by atoms with Crippen molar-refractivity contribution in [3.05, 3.63) is 82.9 Å². The van der Waals surface area contributed by atoms with E-state index in [1.54, 1.807) is 21.3 Å². The van der Waals surface area contributed by atoms with Crippen molar-refractivity contribution in [2.75, 3.05) is 34.5 Å². The molecule has 1 atom stereocenters. The average molecular weight is 448 g/mol. The fraction of sp³-hybridized carbons (Fsp3) is 0.296. The minimum atomic E-state index is -0.299. The van der Waals surface area contributed by atoms with Gasteiger partial charge in [-0.3, -0.25) is 4.79 Å². The Balaban J connectivity index is 1.71. The number of methoxy groups -OCH3 is 3. The smallest absolute Gasteiger partial charge is 0.254 e. The van der Waals surface area contributed by atoms with E-state index in [4.69, 9.17) is 18.9 Å². The summed E-state index contributed by atoms with van der Waals surface area (Å²) in [5.74, 6) is 2.57. The molecule has 0 saturated carbocycles. The van der Waals surface area contributed by atoms with Gasteiger partial charge in [-0.2, -0.15) is 0 Å². The first kappa shape index (κ1) is 22.5. The fourth-order valence-corrected chi connectivity index (χ4v) is 4.22. The van der Waals surface area contributed by atoms with Crippen molar-refractivity contribution >= 4 is 5.91 Å². The van der Waals surface area contributed by atoms with Crippen molar-refractivity contribution in [3.63, 3.8) is 0 Å². The Morgan fingerprint density at radius 1 is 0.879 bits per heavy atom. The number of rotatable bonds is 7. The standard InChI is InChI=1S/C27H29NO5/c1-18-9-11-19(12-10-18)27(29)28-14-13-20-15-25(31-3)26(32-4)16-21(20)22(28)17-33-24-8-6-5-7-23(24)30-2/h5-12,15-16,22H,13-14,17H2,1-4H3/t22-/m0/s1. The molecule has 33 heavy (non-hydrogen) atoms. The van der Waals surface area contributed by atoms with Gasteiger partial charge >= 0.3 is 0 Å². The molecule has 0 N–H and O–H groups in total. The summed E-state index contributed by atoms with van der Waals surface area (Å²) in [7, 11) is 4.85. The molecule has 0 aromatic heterocycles. The monoisotopic (exact) mass is 447 g/mol. The van der Waals surface area contributed by atoms with Gasteiger partial charge in [-0.25, -0.2) is 0 Å². The number of carbonyl (C=O) groups excluding carboxylic acids is 1. The molecular formula is C27H29NO5. The largest absolute Gasteiger partial charge is 0.493 e. The van der Waals surface area contributed by atoms with Gasteiger partial charge in [0.25, 0.3) is 5.91 Å². The molecule has 1 heterocycles. The maximum Gasteiger partial charge on any atom is 0.254 e. The zero-order valence-electron chi connectivity index (χ0n) is 19.5. The molecule has 0 radical (unpaired) electrons. The maximum absolute atomic E-state index is 13.5. The van der Waals surface area contributed by atoms with Crippen LogP contribution in [0.4, 0.5) is 0 Å². The summed E-state index contributed by atoms with van der Waals surface area (Å²) in [6.07, 6.45) is 0.721. The van der Waals surface area contributed by atoms with E-state index in [1.165, 1.54) is 0 Å². The van der Waals surface area contributed by atoms with Crippen LogP contribution in [0.25, 0.3) is 0 Å². The van der Waals surface area contributed by atoms with Gasteiger partial charge in [0, 0.05) is 12.1 Å². The average Bonchev–Trinajstić information content (AvgIpc) is 2.86. The van der Waals surface area contributed by atoms with E-state index in [0.29, 0.717) is 35.1 Å². The Hall–Kier alpha value is -3.67. The van der Waals surface area contributed by atoms with Crippen LogP contribution in [0.5, 0.6) is 23.0 Å². The van der Waals surface area contributed by atoms with E-state index in [0.717, 1.165) is 23.1 Å². The molecule has 4 rings (SSSR count). The number of fused-ring (bicyclic) bond motifs is 1. The Morgan fingerprint density at radius 3 is 2.18 bits per heavy atom. The Labute approximate surface area is 194 Å². The topological polar surface area (TPSA) is 57.2 Å². The first-order chi connectivity index (χ1) is 16.0. The molecule has 1 amide bonds. The highest BCUT2D eigenvalue weighted by Gasteiger charge is 2.33. The van der Waals surface area contributed by atoms with Gasteiger partial charge in [0.2, 0.25) is 0 Å². The third-order valence-corrected chi connectivity index (χ3v) is 6.03. The second-order valence-corrected chi connectivity index (χ2v) is 8.00. The van der Waals surface area contributed by atoms with Gasteiger partial charge in [0.15, 0.2) is 23.0 Å². The fourth-order valence-electron chi connectivity index (χ4n) is 4.22. The lowest BCUT2D eigenvalue weighted by molar-refractivity contribution is 0.0587. The zero-order valence-corrected chi connectivity index (χ0v) is 19.5. The van der Waals surface area contributed by atoms with Crippen LogP contribution >= 0.6 is 0 Å². The summed E-state index contributed by atoms with van der Waals surface area (Å²) in [5, 5.41) is 0. The van der Waals surface area contributed by atoms with Gasteiger partial charge in [-0.1, -0.05) is 29.8 Å². The predicted molar refractivity (Wildman–Crippen MR) is 127 cm³/mol. The van der Waals surface area contributed by atoms with Crippen LogP contribution < -0.4 is 18.9 Å². The maximum atomic E-state index is 13.5.